The fourth-order valence-corrected chi connectivity index (χ4v) is 7.31. The number of nitrogens with zero attached hydrogens (tertiary/aromatic N) is 1. The van der Waals surface area contributed by atoms with Crippen LogP contribution in [0.4, 0.5) is 0 Å². The molecule has 38 heavy (non-hydrogen) atoms. The van der Waals surface area contributed by atoms with E-state index in [4.69, 9.17) is 26.8 Å². The fraction of sp³-hybridized carbons (Fsp3) is 0.500. The first-order chi connectivity index (χ1) is 18.4. The average molecular weight is 557 g/mol. The molecule has 4 atom stereocenters. The van der Waals surface area contributed by atoms with Crippen molar-refractivity contribution in [2.24, 2.45) is 11.7 Å². The van der Waals surface area contributed by atoms with Crippen molar-refractivity contribution < 1.29 is 19.4 Å². The standard InChI is InChI=1S/C30H37ClN2O4S/c1-36-15-5-4-13-30(35,27-18-33(14-16-37-27)29(34)20-11-12-21(32)17-20)24-8-6-9-25(31)28(24)23-19-38-26-10-3-2-7-22(23)26/h2-3,6-10,19-21,27,35H,4-5,11-18,32H2,1H3/t20-,21+,27?,30-/m1/s1. The number of methoxy groups -OCH3 is 1. The molecule has 0 bridgehead atoms. The molecule has 3 aromatic rings. The molecular weight excluding hydrogens is 520 g/mol. The predicted molar refractivity (Wildman–Crippen MR) is 154 cm³/mol. The molecule has 2 aromatic carbocycles. The second-order valence-electron chi connectivity index (χ2n) is 10.6. The molecule has 2 fully saturated rings. The smallest absolute Gasteiger partial charge is 0.225 e. The molecule has 1 amide bonds. The van der Waals surface area contributed by atoms with E-state index in [0.717, 1.165) is 58.9 Å². The van der Waals surface area contributed by atoms with Gasteiger partial charge in [-0.1, -0.05) is 41.9 Å². The number of hydrogen-bond donors (Lipinski definition) is 2. The van der Waals surface area contributed by atoms with Crippen LogP contribution in [0.1, 0.15) is 44.1 Å². The monoisotopic (exact) mass is 556 g/mol. The van der Waals surface area contributed by atoms with Gasteiger partial charge in [-0.05, 0) is 61.6 Å². The second-order valence-corrected chi connectivity index (χ2v) is 11.9. The van der Waals surface area contributed by atoms with Gasteiger partial charge >= 0.3 is 0 Å². The number of nitrogens with two attached hydrogens (primary N) is 1. The summed E-state index contributed by atoms with van der Waals surface area (Å²) in [7, 11) is 1.69. The molecule has 6 nitrogen and oxygen atoms in total. The zero-order valence-electron chi connectivity index (χ0n) is 21.9. The lowest BCUT2D eigenvalue weighted by atomic mass is 9.79. The van der Waals surface area contributed by atoms with E-state index in [1.165, 1.54) is 0 Å². The molecule has 3 N–H and O–H groups in total. The van der Waals surface area contributed by atoms with Crippen molar-refractivity contribution in [1.29, 1.82) is 0 Å². The molecular formula is C30H37ClN2O4S. The molecule has 1 aromatic heterocycles. The van der Waals surface area contributed by atoms with Crippen LogP contribution in [-0.4, -0.2) is 61.5 Å². The van der Waals surface area contributed by atoms with Crippen LogP contribution in [0.15, 0.2) is 47.8 Å². The van der Waals surface area contributed by atoms with Crippen LogP contribution >= 0.6 is 22.9 Å². The van der Waals surface area contributed by atoms with Gasteiger partial charge in [0.2, 0.25) is 5.91 Å². The predicted octanol–water partition coefficient (Wildman–Crippen LogP) is 5.58. The first-order valence-corrected chi connectivity index (χ1v) is 14.8. The van der Waals surface area contributed by atoms with Gasteiger partial charge in [-0.3, -0.25) is 4.79 Å². The summed E-state index contributed by atoms with van der Waals surface area (Å²) in [6, 6.07) is 14.1. The number of hydrogen-bond acceptors (Lipinski definition) is 6. The third-order valence-corrected chi connectivity index (χ3v) is 9.40. The molecule has 1 aliphatic carbocycles. The van der Waals surface area contributed by atoms with E-state index < -0.39 is 11.7 Å². The highest BCUT2D eigenvalue weighted by Crippen LogP contribution is 2.46. The summed E-state index contributed by atoms with van der Waals surface area (Å²) in [6.07, 6.45) is 3.87. The number of aliphatic hydroxyl groups is 1. The minimum Gasteiger partial charge on any atom is -0.385 e. The molecule has 1 saturated heterocycles. The maximum atomic E-state index is 13.4. The number of benzene rings is 2. The number of rotatable bonds is 9. The first-order valence-electron chi connectivity index (χ1n) is 13.5. The third-order valence-electron chi connectivity index (χ3n) is 8.12. The number of ether oxygens (including phenoxy) is 2. The third kappa shape index (κ3) is 5.51. The van der Waals surface area contributed by atoms with Crippen molar-refractivity contribution in [3.05, 3.63) is 58.4 Å². The Morgan fingerprint density at radius 2 is 2.08 bits per heavy atom. The molecule has 204 valence electrons. The molecule has 1 aliphatic heterocycles. The molecule has 0 radical (unpaired) electrons. The van der Waals surface area contributed by atoms with Crippen molar-refractivity contribution >= 4 is 38.9 Å². The molecule has 2 heterocycles. The largest absolute Gasteiger partial charge is 0.385 e. The number of halogens is 1. The second kappa shape index (κ2) is 12.0. The number of fused-ring (bicyclic) bond motifs is 1. The summed E-state index contributed by atoms with van der Waals surface area (Å²) in [5.74, 6) is 0.0839. The number of unbranched alkanes of at least 4 members (excludes halogenated alkanes) is 1. The minimum absolute atomic E-state index is 0.0440. The number of morpholine rings is 1. The van der Waals surface area contributed by atoms with Gasteiger partial charge in [0.15, 0.2) is 0 Å². The number of carbonyl (C=O) groups is 1. The lowest BCUT2D eigenvalue weighted by Gasteiger charge is -2.44. The number of thiophene rings is 1. The summed E-state index contributed by atoms with van der Waals surface area (Å²) < 4.78 is 12.7. The van der Waals surface area contributed by atoms with E-state index in [2.05, 4.69) is 17.5 Å². The van der Waals surface area contributed by atoms with E-state index in [0.29, 0.717) is 37.7 Å². The average Bonchev–Trinajstić information content (AvgIpc) is 3.57. The summed E-state index contributed by atoms with van der Waals surface area (Å²) in [4.78, 5) is 15.3. The van der Waals surface area contributed by atoms with Gasteiger partial charge in [0.05, 0.1) is 13.2 Å². The highest BCUT2D eigenvalue weighted by Gasteiger charge is 2.45. The Balaban J connectivity index is 1.52. The summed E-state index contributed by atoms with van der Waals surface area (Å²) in [6.45, 7) is 1.86. The normalized spacial score (nSPS) is 23.6. The highest BCUT2D eigenvalue weighted by atomic mass is 35.5. The maximum Gasteiger partial charge on any atom is 0.225 e. The van der Waals surface area contributed by atoms with Gasteiger partial charge in [-0.2, -0.15) is 0 Å². The van der Waals surface area contributed by atoms with Crippen molar-refractivity contribution in [1.82, 2.24) is 4.90 Å². The number of amides is 1. The topological polar surface area (TPSA) is 85.0 Å². The summed E-state index contributed by atoms with van der Waals surface area (Å²) >= 11 is 8.55. The van der Waals surface area contributed by atoms with Gasteiger partial charge < -0.3 is 25.2 Å². The van der Waals surface area contributed by atoms with Gasteiger partial charge in [-0.15, -0.1) is 11.3 Å². The fourth-order valence-electron chi connectivity index (χ4n) is 6.08. The van der Waals surface area contributed by atoms with E-state index in [1.54, 1.807) is 18.4 Å². The quantitative estimate of drug-likeness (QED) is 0.336. The van der Waals surface area contributed by atoms with Crippen LogP contribution in [0, 0.1) is 5.92 Å². The van der Waals surface area contributed by atoms with Crippen LogP contribution in [0.3, 0.4) is 0 Å². The molecule has 8 heteroatoms. The summed E-state index contributed by atoms with van der Waals surface area (Å²) in [5, 5.41) is 16.4. The van der Waals surface area contributed by atoms with E-state index >= 15 is 0 Å². The van der Waals surface area contributed by atoms with E-state index in [1.807, 2.05) is 35.2 Å². The Bertz CT molecular complexity index is 1270. The minimum atomic E-state index is -1.35. The van der Waals surface area contributed by atoms with Crippen LogP contribution in [0.2, 0.25) is 5.02 Å². The summed E-state index contributed by atoms with van der Waals surface area (Å²) in [5.41, 5.74) is 7.34. The van der Waals surface area contributed by atoms with E-state index in [-0.39, 0.29) is 17.9 Å². The van der Waals surface area contributed by atoms with Gasteiger partial charge in [0.25, 0.3) is 0 Å². The molecule has 0 spiro atoms. The van der Waals surface area contributed by atoms with Gasteiger partial charge in [0.1, 0.15) is 11.7 Å². The van der Waals surface area contributed by atoms with Gasteiger partial charge in [-0.25, -0.2) is 0 Å². The Hall–Kier alpha value is -2.00. The molecule has 5 rings (SSSR count). The number of carbonyl (C=O) groups excluding carboxylic acids is 1. The Morgan fingerprint density at radius 3 is 2.87 bits per heavy atom. The lowest BCUT2D eigenvalue weighted by Crippen LogP contribution is -2.55. The van der Waals surface area contributed by atoms with Crippen molar-refractivity contribution in [2.75, 3.05) is 33.4 Å². The van der Waals surface area contributed by atoms with Crippen molar-refractivity contribution in [3.63, 3.8) is 0 Å². The highest BCUT2D eigenvalue weighted by molar-refractivity contribution is 7.17. The van der Waals surface area contributed by atoms with Crippen LogP contribution in [-0.2, 0) is 19.9 Å². The van der Waals surface area contributed by atoms with Crippen molar-refractivity contribution in [2.45, 2.75) is 56.3 Å². The van der Waals surface area contributed by atoms with Gasteiger partial charge in [0, 0.05) is 58.5 Å². The first kappa shape index (κ1) is 27.6. The van der Waals surface area contributed by atoms with Crippen molar-refractivity contribution in [3.8, 4) is 11.1 Å². The Kier molecular flexibility index (Phi) is 8.72. The molecule has 1 saturated carbocycles. The van der Waals surface area contributed by atoms with Crippen LogP contribution in [0.5, 0.6) is 0 Å². The molecule has 1 unspecified atom stereocenters. The Labute approximate surface area is 233 Å². The van der Waals surface area contributed by atoms with E-state index in [9.17, 15) is 9.90 Å². The Morgan fingerprint density at radius 1 is 1.24 bits per heavy atom. The SMILES string of the molecule is COCCCC[C@@](O)(c1cccc(Cl)c1-c1csc2ccccc12)C1CN(C(=O)[C@@H]2CC[C@H](N)C2)CCO1. The zero-order valence-corrected chi connectivity index (χ0v) is 23.5. The lowest BCUT2D eigenvalue weighted by molar-refractivity contribution is -0.167. The maximum absolute atomic E-state index is 13.4. The van der Waals surface area contributed by atoms with Crippen LogP contribution in [0.25, 0.3) is 21.2 Å². The van der Waals surface area contributed by atoms with Crippen LogP contribution < -0.4 is 5.73 Å². The molecule has 2 aliphatic rings. The zero-order chi connectivity index (χ0) is 26.7.